The van der Waals surface area contributed by atoms with Crippen molar-refractivity contribution < 1.29 is 23.8 Å². The van der Waals surface area contributed by atoms with E-state index in [4.69, 9.17) is 14.2 Å². The number of benzene rings is 2. The number of ether oxygens (including phenoxy) is 3. The molecule has 3 rings (SSSR count). The summed E-state index contributed by atoms with van der Waals surface area (Å²) in [5, 5.41) is 0. The third-order valence-electron chi connectivity index (χ3n) is 6.42. The minimum absolute atomic E-state index is 0.0508. The first kappa shape index (κ1) is 29.9. The van der Waals surface area contributed by atoms with Gasteiger partial charge in [0, 0.05) is 37.6 Å². The van der Waals surface area contributed by atoms with Gasteiger partial charge in [-0.15, -0.1) is 0 Å². The van der Waals surface area contributed by atoms with Crippen molar-refractivity contribution in [3.05, 3.63) is 89.7 Å². The van der Waals surface area contributed by atoms with Crippen LogP contribution >= 0.6 is 0 Å². The van der Waals surface area contributed by atoms with Gasteiger partial charge in [-0.25, -0.2) is 0 Å². The summed E-state index contributed by atoms with van der Waals surface area (Å²) in [7, 11) is 3.23. The highest BCUT2D eigenvalue weighted by Crippen LogP contribution is 2.20. The van der Waals surface area contributed by atoms with E-state index < -0.39 is 5.54 Å². The Kier molecular flexibility index (Phi) is 11.1. The topological polar surface area (TPSA) is 73.2 Å². The third-order valence-corrected chi connectivity index (χ3v) is 6.42. The maximum absolute atomic E-state index is 13.7. The molecule has 0 aliphatic rings. The van der Waals surface area contributed by atoms with E-state index in [0.29, 0.717) is 32.8 Å². The lowest BCUT2D eigenvalue weighted by atomic mass is 10.1. The zero-order valence-electron chi connectivity index (χ0n) is 23.8. The van der Waals surface area contributed by atoms with Crippen LogP contribution in [0.25, 0.3) is 0 Å². The SMILES string of the molecule is COCCN(CC(=O)N(Cc1cccn1Cc1cccc(OC)c1)C(C)(C)C)C(=O)COCc1ccccc1. The average Bonchev–Trinajstić information content (AvgIpc) is 3.35. The molecule has 1 aromatic heterocycles. The molecule has 2 amide bonds. The zero-order valence-corrected chi connectivity index (χ0v) is 23.8. The predicted molar refractivity (Wildman–Crippen MR) is 151 cm³/mol. The van der Waals surface area contributed by atoms with Gasteiger partial charge >= 0.3 is 0 Å². The molecule has 8 heteroatoms. The summed E-state index contributed by atoms with van der Waals surface area (Å²) in [6.45, 7) is 7.89. The van der Waals surface area contributed by atoms with E-state index >= 15 is 0 Å². The highest BCUT2D eigenvalue weighted by atomic mass is 16.5. The molecule has 0 radical (unpaired) electrons. The summed E-state index contributed by atoms with van der Waals surface area (Å²) in [5.74, 6) is 0.428. The number of aromatic nitrogens is 1. The quantitative estimate of drug-likeness (QED) is 0.307. The van der Waals surface area contributed by atoms with Crippen molar-refractivity contribution >= 4 is 11.8 Å². The normalized spacial score (nSPS) is 11.3. The van der Waals surface area contributed by atoms with E-state index in [1.54, 1.807) is 14.2 Å². The summed E-state index contributed by atoms with van der Waals surface area (Å²) < 4.78 is 18.4. The number of methoxy groups -OCH3 is 2. The standard InChI is InChI=1S/C31H41N3O5/c1-31(2,3)34(21-27-14-10-16-32(27)20-26-13-9-15-28(19-26)38-5)29(35)22-33(17-18-37-4)30(36)24-39-23-25-11-7-6-8-12-25/h6-16,19H,17-18,20-24H2,1-5H3. The van der Waals surface area contributed by atoms with Crippen molar-refractivity contribution in [3.63, 3.8) is 0 Å². The smallest absolute Gasteiger partial charge is 0.249 e. The molecule has 210 valence electrons. The second-order valence-corrected chi connectivity index (χ2v) is 10.4. The molecule has 0 bridgehead atoms. The minimum Gasteiger partial charge on any atom is -0.497 e. The first-order chi connectivity index (χ1) is 18.7. The summed E-state index contributed by atoms with van der Waals surface area (Å²) in [4.78, 5) is 30.0. The number of hydrogen-bond donors (Lipinski definition) is 0. The Labute approximate surface area is 232 Å². The summed E-state index contributed by atoms with van der Waals surface area (Å²) in [5.41, 5.74) is 2.64. The fourth-order valence-corrected chi connectivity index (χ4v) is 4.24. The van der Waals surface area contributed by atoms with E-state index in [2.05, 4.69) is 10.6 Å². The van der Waals surface area contributed by atoms with Gasteiger partial charge in [-0.3, -0.25) is 9.59 Å². The van der Waals surface area contributed by atoms with Gasteiger partial charge in [0.1, 0.15) is 12.4 Å². The number of carbonyl (C=O) groups excluding carboxylic acids is 2. The molecular weight excluding hydrogens is 494 g/mol. The van der Waals surface area contributed by atoms with Gasteiger partial charge in [0.15, 0.2) is 0 Å². The lowest BCUT2D eigenvalue weighted by Gasteiger charge is -2.37. The van der Waals surface area contributed by atoms with Crippen LogP contribution in [0.1, 0.15) is 37.6 Å². The Morgan fingerprint density at radius 2 is 1.64 bits per heavy atom. The van der Waals surface area contributed by atoms with Gasteiger partial charge in [0.25, 0.3) is 0 Å². The number of amides is 2. The van der Waals surface area contributed by atoms with E-state index in [0.717, 1.165) is 22.6 Å². The molecule has 0 atom stereocenters. The lowest BCUT2D eigenvalue weighted by molar-refractivity contribution is -0.147. The van der Waals surface area contributed by atoms with Crippen molar-refractivity contribution in [2.75, 3.05) is 40.5 Å². The minimum atomic E-state index is -0.456. The Bertz CT molecular complexity index is 1190. The zero-order chi connectivity index (χ0) is 28.3. The van der Waals surface area contributed by atoms with Crippen LogP contribution in [0, 0.1) is 0 Å². The van der Waals surface area contributed by atoms with Gasteiger partial charge < -0.3 is 28.6 Å². The van der Waals surface area contributed by atoms with Crippen LogP contribution in [0.15, 0.2) is 72.9 Å². The average molecular weight is 536 g/mol. The molecule has 0 N–H and O–H groups in total. The van der Waals surface area contributed by atoms with Crippen LogP contribution in [0.5, 0.6) is 5.75 Å². The van der Waals surface area contributed by atoms with E-state index in [1.807, 2.05) is 92.5 Å². The second-order valence-electron chi connectivity index (χ2n) is 10.4. The third kappa shape index (κ3) is 9.26. The second kappa shape index (κ2) is 14.5. The monoisotopic (exact) mass is 535 g/mol. The van der Waals surface area contributed by atoms with Crippen LogP contribution < -0.4 is 4.74 Å². The Balaban J connectivity index is 1.69. The molecule has 2 aromatic carbocycles. The van der Waals surface area contributed by atoms with Crippen molar-refractivity contribution in [3.8, 4) is 5.75 Å². The first-order valence-corrected chi connectivity index (χ1v) is 13.2. The number of hydrogen-bond acceptors (Lipinski definition) is 5. The van der Waals surface area contributed by atoms with Crippen LogP contribution in [0.2, 0.25) is 0 Å². The fourth-order valence-electron chi connectivity index (χ4n) is 4.24. The Hall–Kier alpha value is -3.62. The van der Waals surface area contributed by atoms with Gasteiger partial charge in [0.05, 0.1) is 33.4 Å². The molecule has 8 nitrogen and oxygen atoms in total. The summed E-state index contributed by atoms with van der Waals surface area (Å²) >= 11 is 0. The first-order valence-electron chi connectivity index (χ1n) is 13.2. The predicted octanol–water partition coefficient (Wildman–Crippen LogP) is 4.36. The number of carbonyl (C=O) groups is 2. The molecule has 0 spiro atoms. The van der Waals surface area contributed by atoms with E-state index in [9.17, 15) is 9.59 Å². The molecule has 3 aromatic rings. The molecule has 0 unspecified atom stereocenters. The largest absolute Gasteiger partial charge is 0.497 e. The molecule has 0 aliphatic carbocycles. The fraction of sp³-hybridized carbons (Fsp3) is 0.419. The van der Waals surface area contributed by atoms with Crippen LogP contribution in [0.4, 0.5) is 0 Å². The molecular formula is C31H41N3O5. The lowest BCUT2D eigenvalue weighted by Crippen LogP contribution is -2.51. The Morgan fingerprint density at radius 3 is 2.33 bits per heavy atom. The van der Waals surface area contributed by atoms with Crippen LogP contribution in [-0.2, 0) is 38.8 Å². The van der Waals surface area contributed by atoms with Gasteiger partial charge in [-0.05, 0) is 56.2 Å². The van der Waals surface area contributed by atoms with Crippen molar-refractivity contribution in [2.45, 2.75) is 46.0 Å². The molecule has 0 aliphatic heterocycles. The van der Waals surface area contributed by atoms with Gasteiger partial charge in [-0.1, -0.05) is 42.5 Å². The van der Waals surface area contributed by atoms with Crippen LogP contribution in [-0.4, -0.2) is 72.2 Å². The maximum Gasteiger partial charge on any atom is 0.249 e. The molecule has 1 heterocycles. The summed E-state index contributed by atoms with van der Waals surface area (Å²) in [6.07, 6.45) is 2.01. The Morgan fingerprint density at radius 1 is 0.897 bits per heavy atom. The number of nitrogens with zero attached hydrogens (tertiary/aromatic N) is 3. The van der Waals surface area contributed by atoms with Crippen molar-refractivity contribution in [1.29, 1.82) is 0 Å². The van der Waals surface area contributed by atoms with Gasteiger partial charge in [-0.2, -0.15) is 0 Å². The van der Waals surface area contributed by atoms with Crippen molar-refractivity contribution in [2.24, 2.45) is 0 Å². The highest BCUT2D eigenvalue weighted by molar-refractivity contribution is 5.85. The molecule has 0 saturated heterocycles. The van der Waals surface area contributed by atoms with E-state index in [1.165, 1.54) is 4.90 Å². The molecule has 39 heavy (non-hydrogen) atoms. The molecule has 0 saturated carbocycles. The number of rotatable bonds is 14. The summed E-state index contributed by atoms with van der Waals surface area (Å²) in [6, 6.07) is 21.6. The van der Waals surface area contributed by atoms with Crippen LogP contribution in [0.3, 0.4) is 0 Å². The van der Waals surface area contributed by atoms with E-state index in [-0.39, 0.29) is 25.0 Å². The maximum atomic E-state index is 13.7. The molecule has 0 fully saturated rings. The highest BCUT2D eigenvalue weighted by Gasteiger charge is 2.29. The van der Waals surface area contributed by atoms with Crippen molar-refractivity contribution in [1.82, 2.24) is 14.4 Å². The van der Waals surface area contributed by atoms with Gasteiger partial charge in [0.2, 0.25) is 11.8 Å².